The Kier molecular flexibility index (Phi) is 14.0. The van der Waals surface area contributed by atoms with Crippen LogP contribution in [0.1, 0.15) is 48.6 Å². The number of nitrogens with zero attached hydrogens (tertiary/aromatic N) is 2. The Labute approximate surface area is 242 Å². The maximum absolute atomic E-state index is 13.6. The monoisotopic (exact) mass is 594 g/mol. The van der Waals surface area contributed by atoms with E-state index in [0.717, 1.165) is 33.6 Å². The average molecular weight is 596 g/mol. The number of anilines is 1. The van der Waals surface area contributed by atoms with Crippen molar-refractivity contribution in [1.82, 2.24) is 9.97 Å². The minimum atomic E-state index is -0.432. The van der Waals surface area contributed by atoms with Crippen molar-refractivity contribution in [2.75, 3.05) is 19.4 Å². The molecule has 11 heteroatoms. The molecule has 0 radical (unpaired) electrons. The molecule has 39 heavy (non-hydrogen) atoms. The van der Waals surface area contributed by atoms with E-state index >= 15 is 0 Å². The van der Waals surface area contributed by atoms with Crippen molar-refractivity contribution < 1.29 is 18.7 Å². The number of thiazole rings is 1. The molecule has 4 aromatic rings. The molecule has 0 amide bonds. The summed E-state index contributed by atoms with van der Waals surface area (Å²) in [6.07, 6.45) is 1.66. The van der Waals surface area contributed by atoms with Crippen LogP contribution in [0, 0.1) is 5.82 Å². The van der Waals surface area contributed by atoms with Gasteiger partial charge >= 0.3 is 0 Å². The quantitative estimate of drug-likeness (QED) is 0.228. The molecule has 0 fully saturated rings. The third-order valence-electron chi connectivity index (χ3n) is 5.05. The van der Waals surface area contributed by atoms with Crippen molar-refractivity contribution >= 4 is 63.6 Å². The number of aryl methyl sites for hydroxylation is 1. The zero-order valence-electron chi connectivity index (χ0n) is 22.8. The number of aldehydes is 1. The minimum absolute atomic E-state index is 0.0178. The second-order valence-electron chi connectivity index (χ2n) is 8.63. The normalized spacial score (nSPS) is 10.2. The van der Waals surface area contributed by atoms with Gasteiger partial charge in [-0.25, -0.2) is 14.4 Å². The zero-order chi connectivity index (χ0) is 29.8. The molecule has 0 aliphatic carbocycles. The maximum atomic E-state index is 13.6. The van der Waals surface area contributed by atoms with Crippen LogP contribution in [0.15, 0.2) is 42.5 Å². The van der Waals surface area contributed by atoms with E-state index in [1.807, 2.05) is 31.9 Å². The lowest BCUT2D eigenvalue weighted by Crippen LogP contribution is -2.12. The van der Waals surface area contributed by atoms with Gasteiger partial charge in [-0.1, -0.05) is 80.4 Å². The first-order valence-electron chi connectivity index (χ1n) is 11.8. The van der Waals surface area contributed by atoms with Crippen molar-refractivity contribution in [3.05, 3.63) is 74.5 Å². The van der Waals surface area contributed by atoms with Crippen molar-refractivity contribution in [2.45, 2.75) is 39.5 Å². The number of carbonyl (C=O) groups is 2. The zero-order valence-corrected chi connectivity index (χ0v) is 25.1. The van der Waals surface area contributed by atoms with E-state index in [9.17, 15) is 9.18 Å². The number of nitrogens with one attached hydrogen (secondary N) is 1. The topological polar surface area (TPSA) is 107 Å². The van der Waals surface area contributed by atoms with Crippen LogP contribution < -0.4 is 15.8 Å². The molecule has 3 N–H and O–H groups in total. The molecule has 4 rings (SSSR count). The Balaban J connectivity index is 0.000000383. The number of rotatable bonds is 5. The molecular weight excluding hydrogens is 562 g/mol. The Hall–Kier alpha value is -3.11. The Bertz CT molecular complexity index is 1380. The first kappa shape index (κ1) is 33.9. The fraction of sp³-hybridized carbons (Fsp3) is 0.286. The predicted octanol–water partition coefficient (Wildman–Crippen LogP) is 7.72. The molecule has 0 unspecified atom stereocenters. The Morgan fingerprint density at radius 1 is 1.13 bits per heavy atom. The lowest BCUT2D eigenvalue weighted by molar-refractivity contribution is -0.0980. The molecule has 7 nitrogen and oxygen atoms in total. The van der Waals surface area contributed by atoms with Crippen LogP contribution in [-0.2, 0) is 16.6 Å². The largest absolute Gasteiger partial charge is 0.437 e. The Morgan fingerprint density at radius 3 is 2.36 bits per heavy atom. The van der Waals surface area contributed by atoms with Crippen LogP contribution >= 0.6 is 34.5 Å². The van der Waals surface area contributed by atoms with Crippen LogP contribution in [0.2, 0.25) is 10.0 Å². The third-order valence-corrected chi connectivity index (χ3v) is 6.87. The van der Waals surface area contributed by atoms with Crippen molar-refractivity contribution in [3.63, 3.8) is 0 Å². The van der Waals surface area contributed by atoms with Gasteiger partial charge in [-0.2, -0.15) is 0 Å². The summed E-state index contributed by atoms with van der Waals surface area (Å²) in [7, 11) is 3.13. The number of ether oxygens (including phenoxy) is 1. The van der Waals surface area contributed by atoms with Gasteiger partial charge in [0.15, 0.2) is 6.29 Å². The average Bonchev–Trinajstić information content (AvgIpc) is 3.35. The molecule has 0 saturated carbocycles. The number of fused-ring (bicyclic) bond motifs is 1. The van der Waals surface area contributed by atoms with Crippen molar-refractivity contribution in [2.24, 2.45) is 5.73 Å². The molecule has 0 atom stereocenters. The molecule has 0 saturated heterocycles. The summed E-state index contributed by atoms with van der Waals surface area (Å²) in [6.45, 7) is 10.3. The van der Waals surface area contributed by atoms with Gasteiger partial charge in [0.25, 0.3) is 0 Å². The van der Waals surface area contributed by atoms with Gasteiger partial charge in [0.1, 0.15) is 28.7 Å². The molecule has 210 valence electrons. The van der Waals surface area contributed by atoms with Gasteiger partial charge in [-0.15, -0.1) is 0 Å². The van der Waals surface area contributed by atoms with Gasteiger partial charge in [0.05, 0.1) is 20.7 Å². The van der Waals surface area contributed by atoms with Crippen LogP contribution in [-0.4, -0.2) is 37.1 Å². The van der Waals surface area contributed by atoms with Gasteiger partial charge in [-0.05, 0) is 36.6 Å². The van der Waals surface area contributed by atoms with Crippen molar-refractivity contribution in [1.29, 1.82) is 0 Å². The molecule has 0 bridgehead atoms. The van der Waals surface area contributed by atoms with E-state index in [2.05, 4.69) is 41.8 Å². The molecule has 0 aliphatic heterocycles. The molecule has 2 heterocycles. The smallest absolute Gasteiger partial charge is 0.220 e. The highest BCUT2D eigenvalue weighted by Crippen LogP contribution is 2.34. The van der Waals surface area contributed by atoms with E-state index in [4.69, 9.17) is 32.7 Å². The first-order chi connectivity index (χ1) is 18.6. The number of pyridine rings is 1. The number of carbonyl (C=O) groups excluding carboxylic acids is 2. The highest BCUT2D eigenvalue weighted by Gasteiger charge is 2.18. The predicted molar refractivity (Wildman–Crippen MR) is 161 cm³/mol. The van der Waals surface area contributed by atoms with Gasteiger partial charge in [0.2, 0.25) is 5.88 Å². The summed E-state index contributed by atoms with van der Waals surface area (Å²) >= 11 is 13.6. The van der Waals surface area contributed by atoms with E-state index in [1.165, 1.54) is 30.5 Å². The molecule has 2 aromatic heterocycles. The first-order valence-corrected chi connectivity index (χ1v) is 13.4. The van der Waals surface area contributed by atoms with Crippen molar-refractivity contribution in [3.8, 4) is 11.6 Å². The lowest BCUT2D eigenvalue weighted by Gasteiger charge is -2.20. The maximum Gasteiger partial charge on any atom is 0.220 e. The second-order valence-corrected chi connectivity index (χ2v) is 10.5. The van der Waals surface area contributed by atoms with Crippen LogP contribution in [0.25, 0.3) is 10.3 Å². The number of hydrogen-bond acceptors (Lipinski definition) is 8. The summed E-state index contributed by atoms with van der Waals surface area (Å²) < 4.78 is 19.3. The highest BCUT2D eigenvalue weighted by atomic mass is 35.5. The number of benzene rings is 2. The summed E-state index contributed by atoms with van der Waals surface area (Å²) in [5.41, 5.74) is 7.21. The minimum Gasteiger partial charge on any atom is -0.437 e. The summed E-state index contributed by atoms with van der Waals surface area (Å²) in [5, 5.41) is 4.54. The Morgan fingerprint density at radius 2 is 1.79 bits per heavy atom. The molecular formula is C28H33Cl2FN4O3S. The number of hydrogen-bond donors (Lipinski definition) is 2. The number of aromatic nitrogens is 2. The molecule has 2 aromatic carbocycles. The SMILES string of the molecule is C=O.CC(C)(C)c1cccc(C=O)c1Cl.CCc1nc2ccc(Oc3cc(NC)c(F)cc3Cl)nc2s1.CN. The van der Waals surface area contributed by atoms with Gasteiger partial charge in [-0.3, -0.25) is 4.79 Å². The van der Waals surface area contributed by atoms with E-state index in [1.54, 1.807) is 19.2 Å². The standard InChI is InChI=1S/C15H13ClFN3OS.C11H13ClO.CH5N.CH2O/c1-3-14-19-10-4-5-13(20-15(10)22-14)21-12-7-11(18-2)9(17)6-8(12)16;1-11(2,3)9-6-4-5-8(7-13)10(9)12;2*1-2/h4-7,18H,3H2,1-2H3;4-7H,1-3H3;2H2,1H3;1H2. The van der Waals surface area contributed by atoms with E-state index in [-0.39, 0.29) is 10.4 Å². The fourth-order valence-corrected chi connectivity index (χ4v) is 4.69. The number of nitrogens with two attached hydrogens (primary N) is 1. The van der Waals surface area contributed by atoms with Crippen LogP contribution in [0.5, 0.6) is 11.6 Å². The summed E-state index contributed by atoms with van der Waals surface area (Å²) in [4.78, 5) is 28.3. The molecule has 0 spiro atoms. The van der Waals surface area contributed by atoms with Gasteiger partial charge in [0, 0.05) is 24.7 Å². The third kappa shape index (κ3) is 9.25. The van der Waals surface area contributed by atoms with Crippen LogP contribution in [0.4, 0.5) is 10.1 Å². The fourth-order valence-electron chi connectivity index (χ4n) is 3.18. The van der Waals surface area contributed by atoms with E-state index < -0.39 is 5.82 Å². The summed E-state index contributed by atoms with van der Waals surface area (Å²) in [6, 6.07) is 11.8. The van der Waals surface area contributed by atoms with Gasteiger partial charge < -0.3 is 20.6 Å². The second kappa shape index (κ2) is 16.1. The number of halogens is 3. The lowest BCUT2D eigenvalue weighted by atomic mass is 9.86. The summed E-state index contributed by atoms with van der Waals surface area (Å²) in [5.74, 6) is 0.312. The highest BCUT2D eigenvalue weighted by molar-refractivity contribution is 7.18. The molecule has 0 aliphatic rings. The van der Waals surface area contributed by atoms with E-state index in [0.29, 0.717) is 27.9 Å². The van der Waals surface area contributed by atoms with Crippen LogP contribution in [0.3, 0.4) is 0 Å².